The van der Waals surface area contributed by atoms with Crippen LogP contribution in [0.5, 0.6) is 6.01 Å². The zero-order valence-corrected chi connectivity index (χ0v) is 9.91. The Labute approximate surface area is 104 Å². The molecule has 7 heteroatoms. The molecule has 90 valence electrons. The fourth-order valence-corrected chi connectivity index (χ4v) is 1.11. The fourth-order valence-electron chi connectivity index (χ4n) is 0.949. The summed E-state index contributed by atoms with van der Waals surface area (Å²) in [6.07, 6.45) is 6.39. The molecular formula is C10H11ClN4O2. The van der Waals surface area contributed by atoms with E-state index in [2.05, 4.69) is 26.5 Å². The van der Waals surface area contributed by atoms with Gasteiger partial charge in [0.2, 0.25) is 5.91 Å². The summed E-state index contributed by atoms with van der Waals surface area (Å²) in [4.78, 5) is 19.0. The van der Waals surface area contributed by atoms with Gasteiger partial charge in [-0.05, 0) is 0 Å². The summed E-state index contributed by atoms with van der Waals surface area (Å²) in [5.41, 5.74) is 0. The second-order valence-electron chi connectivity index (χ2n) is 2.89. The zero-order valence-electron chi connectivity index (χ0n) is 9.16. The van der Waals surface area contributed by atoms with E-state index < -0.39 is 0 Å². The van der Waals surface area contributed by atoms with Crippen LogP contribution in [0.1, 0.15) is 0 Å². The molecule has 2 N–H and O–H groups in total. The van der Waals surface area contributed by atoms with Crippen LogP contribution < -0.4 is 15.4 Å². The van der Waals surface area contributed by atoms with Crippen LogP contribution in [0, 0.1) is 12.3 Å². The standard InChI is InChI=1S/C10H11ClN4O2/c1-3-4-12-8(16)6-13-9-7(11)5-14-10(15-9)17-2/h1,5H,4,6H2,2H3,(H,12,16)(H,13,14,15). The van der Waals surface area contributed by atoms with Crippen LogP contribution in [0.15, 0.2) is 6.20 Å². The van der Waals surface area contributed by atoms with E-state index in [0.29, 0.717) is 10.8 Å². The molecule has 0 saturated heterocycles. The molecule has 17 heavy (non-hydrogen) atoms. The molecule has 0 aliphatic heterocycles. The van der Waals surface area contributed by atoms with Gasteiger partial charge in [0, 0.05) is 0 Å². The second-order valence-corrected chi connectivity index (χ2v) is 3.29. The number of anilines is 1. The lowest BCUT2D eigenvalue weighted by Crippen LogP contribution is -2.30. The maximum Gasteiger partial charge on any atom is 0.318 e. The van der Waals surface area contributed by atoms with Crippen molar-refractivity contribution in [3.05, 3.63) is 11.2 Å². The van der Waals surface area contributed by atoms with Crippen molar-refractivity contribution in [3.63, 3.8) is 0 Å². The molecule has 6 nitrogen and oxygen atoms in total. The van der Waals surface area contributed by atoms with E-state index in [1.807, 2.05) is 0 Å². The first kappa shape index (κ1) is 13.1. The molecule has 1 aromatic rings. The molecule has 0 atom stereocenters. The Hall–Kier alpha value is -2.00. The topological polar surface area (TPSA) is 76.1 Å². The average molecular weight is 255 g/mol. The van der Waals surface area contributed by atoms with Crippen LogP contribution in [-0.4, -0.2) is 36.1 Å². The smallest absolute Gasteiger partial charge is 0.318 e. The van der Waals surface area contributed by atoms with Gasteiger partial charge >= 0.3 is 6.01 Å². The van der Waals surface area contributed by atoms with Crippen molar-refractivity contribution in [2.24, 2.45) is 0 Å². The number of hydrogen-bond donors (Lipinski definition) is 2. The predicted molar refractivity (Wildman–Crippen MR) is 63.9 cm³/mol. The van der Waals surface area contributed by atoms with E-state index in [-0.39, 0.29) is 25.0 Å². The predicted octanol–water partition coefficient (Wildman–Crippen LogP) is 0.300. The third kappa shape index (κ3) is 4.17. The lowest BCUT2D eigenvalue weighted by molar-refractivity contribution is -0.119. The number of carbonyl (C=O) groups excluding carboxylic acids is 1. The molecule has 0 fully saturated rings. The molecule has 0 unspecified atom stereocenters. The molecule has 1 amide bonds. The lowest BCUT2D eigenvalue weighted by Gasteiger charge is -2.07. The maximum atomic E-state index is 11.3. The molecule has 0 bridgehead atoms. The molecule has 1 heterocycles. The van der Waals surface area contributed by atoms with E-state index in [4.69, 9.17) is 22.8 Å². The monoisotopic (exact) mass is 254 g/mol. The highest BCUT2D eigenvalue weighted by Gasteiger charge is 2.07. The number of carbonyl (C=O) groups is 1. The molecule has 1 rings (SSSR count). The van der Waals surface area contributed by atoms with Gasteiger partial charge in [-0.3, -0.25) is 4.79 Å². The zero-order chi connectivity index (χ0) is 12.7. The van der Waals surface area contributed by atoms with Crippen LogP contribution in [0.25, 0.3) is 0 Å². The quantitative estimate of drug-likeness (QED) is 0.739. The fraction of sp³-hybridized carbons (Fsp3) is 0.300. The molecule has 1 aromatic heterocycles. The highest BCUT2D eigenvalue weighted by atomic mass is 35.5. The van der Waals surface area contributed by atoms with Crippen molar-refractivity contribution in [1.82, 2.24) is 15.3 Å². The Morgan fingerprint density at radius 3 is 3.12 bits per heavy atom. The van der Waals surface area contributed by atoms with Crippen molar-refractivity contribution in [3.8, 4) is 18.4 Å². The summed E-state index contributed by atoms with van der Waals surface area (Å²) >= 11 is 5.83. The van der Waals surface area contributed by atoms with E-state index in [9.17, 15) is 4.79 Å². The summed E-state index contributed by atoms with van der Waals surface area (Å²) in [5, 5.41) is 5.55. The van der Waals surface area contributed by atoms with Gasteiger partial charge in [0.1, 0.15) is 5.02 Å². The van der Waals surface area contributed by atoms with Crippen molar-refractivity contribution in [1.29, 1.82) is 0 Å². The van der Waals surface area contributed by atoms with E-state index in [1.54, 1.807) is 0 Å². The number of nitrogens with one attached hydrogen (secondary N) is 2. The minimum atomic E-state index is -0.253. The molecule has 0 aromatic carbocycles. The minimum absolute atomic E-state index is 0.0154. The third-order valence-corrected chi connectivity index (χ3v) is 1.99. The van der Waals surface area contributed by atoms with E-state index >= 15 is 0 Å². The largest absolute Gasteiger partial charge is 0.467 e. The van der Waals surface area contributed by atoms with Crippen LogP contribution in [-0.2, 0) is 4.79 Å². The summed E-state index contributed by atoms with van der Waals surface area (Å²) in [5.74, 6) is 2.37. The summed E-state index contributed by atoms with van der Waals surface area (Å²) in [6, 6.07) is 0.168. The van der Waals surface area contributed by atoms with Gasteiger partial charge in [-0.2, -0.15) is 4.98 Å². The minimum Gasteiger partial charge on any atom is -0.467 e. The van der Waals surface area contributed by atoms with Crippen molar-refractivity contribution in [2.75, 3.05) is 25.5 Å². The molecule has 0 spiro atoms. The Balaban J connectivity index is 2.57. The van der Waals surface area contributed by atoms with Crippen LogP contribution in [0.2, 0.25) is 5.02 Å². The number of methoxy groups -OCH3 is 1. The molecule has 0 aliphatic rings. The van der Waals surface area contributed by atoms with Crippen LogP contribution >= 0.6 is 11.6 Å². The Morgan fingerprint density at radius 2 is 2.47 bits per heavy atom. The third-order valence-electron chi connectivity index (χ3n) is 1.71. The normalized spacial score (nSPS) is 9.24. The summed E-state index contributed by atoms with van der Waals surface area (Å²) in [6.45, 7) is 0.197. The molecule has 0 aliphatic carbocycles. The maximum absolute atomic E-state index is 11.3. The second kappa shape index (κ2) is 6.55. The summed E-state index contributed by atoms with van der Waals surface area (Å²) < 4.78 is 4.83. The number of nitrogens with zero attached hydrogens (tertiary/aromatic N) is 2. The van der Waals surface area contributed by atoms with E-state index in [1.165, 1.54) is 13.3 Å². The number of amides is 1. The van der Waals surface area contributed by atoms with Gasteiger partial charge in [0.25, 0.3) is 0 Å². The van der Waals surface area contributed by atoms with Crippen molar-refractivity contribution < 1.29 is 9.53 Å². The van der Waals surface area contributed by atoms with Gasteiger partial charge in [-0.25, -0.2) is 4.98 Å². The van der Waals surface area contributed by atoms with Gasteiger partial charge < -0.3 is 15.4 Å². The van der Waals surface area contributed by atoms with Gasteiger partial charge in [0.15, 0.2) is 5.82 Å². The van der Waals surface area contributed by atoms with Gasteiger partial charge in [-0.1, -0.05) is 17.5 Å². The Morgan fingerprint density at radius 1 is 1.71 bits per heavy atom. The first-order chi connectivity index (χ1) is 8.17. The number of halogens is 1. The van der Waals surface area contributed by atoms with Crippen LogP contribution in [0.4, 0.5) is 5.82 Å². The summed E-state index contributed by atoms with van der Waals surface area (Å²) in [7, 11) is 1.44. The SMILES string of the molecule is C#CCNC(=O)CNc1nc(OC)ncc1Cl. The average Bonchev–Trinajstić information content (AvgIpc) is 2.35. The van der Waals surface area contributed by atoms with Gasteiger partial charge in [-0.15, -0.1) is 6.42 Å². The van der Waals surface area contributed by atoms with Crippen molar-refractivity contribution in [2.45, 2.75) is 0 Å². The highest BCUT2D eigenvalue weighted by molar-refractivity contribution is 6.32. The highest BCUT2D eigenvalue weighted by Crippen LogP contribution is 2.19. The first-order valence-corrected chi connectivity index (χ1v) is 5.05. The number of terminal acetylenes is 1. The lowest BCUT2D eigenvalue weighted by atomic mass is 10.5. The number of rotatable bonds is 5. The molecule has 0 saturated carbocycles. The van der Waals surface area contributed by atoms with Crippen molar-refractivity contribution >= 4 is 23.3 Å². The number of hydrogen-bond acceptors (Lipinski definition) is 5. The molecular weight excluding hydrogens is 244 g/mol. The molecule has 0 radical (unpaired) electrons. The first-order valence-electron chi connectivity index (χ1n) is 4.68. The number of aromatic nitrogens is 2. The Kier molecular flexibility index (Phi) is 5.04. The van der Waals surface area contributed by atoms with E-state index in [0.717, 1.165) is 0 Å². The van der Waals surface area contributed by atoms with Gasteiger partial charge in [0.05, 0.1) is 26.4 Å². The van der Waals surface area contributed by atoms with Crippen LogP contribution in [0.3, 0.4) is 0 Å². The number of ether oxygens (including phenoxy) is 1. The Bertz CT molecular complexity index is 444.